The van der Waals surface area contributed by atoms with E-state index in [4.69, 9.17) is 5.11 Å². The van der Waals surface area contributed by atoms with Crippen molar-refractivity contribution in [2.45, 2.75) is 39.2 Å². The van der Waals surface area contributed by atoms with Crippen molar-refractivity contribution in [3.8, 4) is 0 Å². The Hall–Kier alpha value is -1.84. The highest BCUT2D eigenvalue weighted by molar-refractivity contribution is 5.92. The van der Waals surface area contributed by atoms with Crippen molar-refractivity contribution in [1.29, 1.82) is 0 Å². The molecular weight excluding hydrogens is 252 g/mol. The molecule has 1 fully saturated rings. The van der Waals surface area contributed by atoms with Gasteiger partial charge in [-0.3, -0.25) is 0 Å². The van der Waals surface area contributed by atoms with Crippen molar-refractivity contribution in [3.05, 3.63) is 30.1 Å². The number of benzene rings is 1. The fourth-order valence-corrected chi connectivity index (χ4v) is 3.38. The van der Waals surface area contributed by atoms with E-state index in [0.717, 1.165) is 17.0 Å². The third kappa shape index (κ3) is 2.09. The molecule has 1 aromatic carbocycles. The normalized spacial score (nSPS) is 26.8. The lowest BCUT2D eigenvalue weighted by Gasteiger charge is -2.35. The van der Waals surface area contributed by atoms with E-state index in [0.29, 0.717) is 17.5 Å². The topological polar surface area (TPSA) is 55.1 Å². The van der Waals surface area contributed by atoms with Gasteiger partial charge in [-0.25, -0.2) is 9.78 Å². The first-order valence-corrected chi connectivity index (χ1v) is 7.28. The second kappa shape index (κ2) is 4.93. The molecule has 3 rings (SSSR count). The fourth-order valence-electron chi connectivity index (χ4n) is 3.38. The van der Waals surface area contributed by atoms with Gasteiger partial charge in [0.1, 0.15) is 0 Å². The zero-order chi connectivity index (χ0) is 14.3. The Balaban J connectivity index is 2.02. The molecule has 0 amide bonds. The molecule has 0 bridgehead atoms. The lowest BCUT2D eigenvalue weighted by atomic mass is 9.78. The molecule has 0 radical (unpaired) electrons. The van der Waals surface area contributed by atoms with E-state index in [1.54, 1.807) is 12.1 Å². The summed E-state index contributed by atoms with van der Waals surface area (Å²) in [6.07, 6.45) is 5.60. The van der Waals surface area contributed by atoms with Gasteiger partial charge in [-0.05, 0) is 36.5 Å². The van der Waals surface area contributed by atoms with E-state index in [9.17, 15) is 4.79 Å². The van der Waals surface area contributed by atoms with Crippen LogP contribution in [-0.2, 0) is 0 Å². The molecule has 1 saturated carbocycles. The third-order valence-corrected chi connectivity index (χ3v) is 4.84. The van der Waals surface area contributed by atoms with Gasteiger partial charge in [-0.2, -0.15) is 0 Å². The van der Waals surface area contributed by atoms with Gasteiger partial charge in [0.05, 0.1) is 22.9 Å². The zero-order valence-electron chi connectivity index (χ0n) is 11.9. The second-order valence-electron chi connectivity index (χ2n) is 6.00. The van der Waals surface area contributed by atoms with Crippen LogP contribution < -0.4 is 0 Å². The number of hydrogen-bond donors (Lipinski definition) is 1. The van der Waals surface area contributed by atoms with Gasteiger partial charge < -0.3 is 9.67 Å². The van der Waals surface area contributed by atoms with Gasteiger partial charge in [0.25, 0.3) is 0 Å². The Kier molecular flexibility index (Phi) is 3.24. The summed E-state index contributed by atoms with van der Waals surface area (Å²) in [5, 5.41) is 9.04. The van der Waals surface area contributed by atoms with Crippen LogP contribution in [0, 0.1) is 11.8 Å². The first-order chi connectivity index (χ1) is 9.58. The van der Waals surface area contributed by atoms with E-state index in [1.165, 1.54) is 19.3 Å². The monoisotopic (exact) mass is 272 g/mol. The van der Waals surface area contributed by atoms with E-state index in [2.05, 4.69) is 23.4 Å². The number of aromatic carboxylic acids is 1. The minimum Gasteiger partial charge on any atom is -0.478 e. The summed E-state index contributed by atoms with van der Waals surface area (Å²) in [7, 11) is 0. The Morgan fingerprint density at radius 1 is 1.35 bits per heavy atom. The number of fused-ring (bicyclic) bond motifs is 1. The highest BCUT2D eigenvalue weighted by atomic mass is 16.4. The van der Waals surface area contributed by atoms with Crippen molar-refractivity contribution in [3.63, 3.8) is 0 Å². The Morgan fingerprint density at radius 2 is 2.15 bits per heavy atom. The van der Waals surface area contributed by atoms with Gasteiger partial charge >= 0.3 is 5.97 Å². The first kappa shape index (κ1) is 13.2. The molecule has 4 nitrogen and oxygen atoms in total. The number of carboxylic acid groups (broad SMARTS) is 1. The summed E-state index contributed by atoms with van der Waals surface area (Å²) in [6, 6.07) is 5.68. The summed E-state index contributed by atoms with van der Waals surface area (Å²) < 4.78 is 2.24. The molecule has 0 unspecified atom stereocenters. The lowest BCUT2D eigenvalue weighted by molar-refractivity contribution is 0.0697. The number of nitrogens with zero attached hydrogens (tertiary/aromatic N) is 2. The molecule has 1 aromatic heterocycles. The quantitative estimate of drug-likeness (QED) is 0.906. The van der Waals surface area contributed by atoms with Gasteiger partial charge in [-0.15, -0.1) is 0 Å². The SMILES string of the molecule is C[C@@H]1[C@@H](C)CCC[C@@H]1n1cnc2cc(C(=O)O)ccc21. The summed E-state index contributed by atoms with van der Waals surface area (Å²) in [5.41, 5.74) is 2.11. The Morgan fingerprint density at radius 3 is 2.90 bits per heavy atom. The average Bonchev–Trinajstić information content (AvgIpc) is 2.84. The largest absolute Gasteiger partial charge is 0.478 e. The minimum absolute atomic E-state index is 0.299. The average molecular weight is 272 g/mol. The summed E-state index contributed by atoms with van der Waals surface area (Å²) in [6.45, 7) is 4.63. The highest BCUT2D eigenvalue weighted by Crippen LogP contribution is 2.38. The zero-order valence-corrected chi connectivity index (χ0v) is 11.9. The van der Waals surface area contributed by atoms with Gasteiger partial charge in [-0.1, -0.05) is 26.7 Å². The van der Waals surface area contributed by atoms with Crippen LogP contribution in [0.5, 0.6) is 0 Å². The van der Waals surface area contributed by atoms with Crippen molar-refractivity contribution in [2.24, 2.45) is 11.8 Å². The van der Waals surface area contributed by atoms with Crippen LogP contribution in [0.15, 0.2) is 24.5 Å². The van der Waals surface area contributed by atoms with Crippen molar-refractivity contribution >= 4 is 17.0 Å². The number of aromatic nitrogens is 2. The maximum absolute atomic E-state index is 11.0. The van der Waals surface area contributed by atoms with Gasteiger partial charge in [0.2, 0.25) is 0 Å². The fraction of sp³-hybridized carbons (Fsp3) is 0.500. The molecule has 0 spiro atoms. The molecule has 1 aliphatic carbocycles. The molecule has 1 aliphatic rings. The summed E-state index contributed by atoms with van der Waals surface area (Å²) in [5.74, 6) is 0.450. The molecule has 1 N–H and O–H groups in total. The number of rotatable bonds is 2. The smallest absolute Gasteiger partial charge is 0.335 e. The van der Waals surface area contributed by atoms with Crippen LogP contribution in [-0.4, -0.2) is 20.6 Å². The maximum atomic E-state index is 11.0. The standard InChI is InChI=1S/C16H20N2O2/c1-10-4-3-5-14(11(10)2)18-9-17-13-8-12(16(19)20)6-7-15(13)18/h6-11,14H,3-5H2,1-2H3,(H,19,20)/t10-,11+,14-/m0/s1. The first-order valence-electron chi connectivity index (χ1n) is 7.28. The number of carboxylic acids is 1. The lowest BCUT2D eigenvalue weighted by Crippen LogP contribution is -2.26. The Bertz CT molecular complexity index is 647. The maximum Gasteiger partial charge on any atom is 0.335 e. The molecule has 0 saturated heterocycles. The third-order valence-electron chi connectivity index (χ3n) is 4.84. The molecule has 2 aromatic rings. The molecule has 1 heterocycles. The van der Waals surface area contributed by atoms with E-state index in [1.807, 2.05) is 12.4 Å². The Labute approximate surface area is 118 Å². The van der Waals surface area contributed by atoms with Crippen LogP contribution in [0.2, 0.25) is 0 Å². The molecule has 20 heavy (non-hydrogen) atoms. The van der Waals surface area contributed by atoms with Crippen LogP contribution >= 0.6 is 0 Å². The van der Waals surface area contributed by atoms with Gasteiger partial charge in [0.15, 0.2) is 0 Å². The van der Waals surface area contributed by atoms with Crippen molar-refractivity contribution in [2.75, 3.05) is 0 Å². The molecular formula is C16H20N2O2. The molecule has 106 valence electrons. The van der Waals surface area contributed by atoms with Gasteiger partial charge in [0, 0.05) is 6.04 Å². The van der Waals surface area contributed by atoms with E-state index < -0.39 is 5.97 Å². The van der Waals surface area contributed by atoms with Crippen LogP contribution in [0.4, 0.5) is 0 Å². The molecule has 0 aliphatic heterocycles. The van der Waals surface area contributed by atoms with Crippen molar-refractivity contribution < 1.29 is 9.90 Å². The minimum atomic E-state index is -0.902. The van der Waals surface area contributed by atoms with E-state index in [-0.39, 0.29) is 0 Å². The predicted octanol–water partition coefficient (Wildman–Crippen LogP) is 3.73. The number of carbonyl (C=O) groups is 1. The molecule has 3 atom stereocenters. The van der Waals surface area contributed by atoms with Crippen LogP contribution in [0.3, 0.4) is 0 Å². The van der Waals surface area contributed by atoms with Crippen LogP contribution in [0.1, 0.15) is 49.5 Å². The number of hydrogen-bond acceptors (Lipinski definition) is 2. The summed E-state index contributed by atoms with van der Waals surface area (Å²) in [4.78, 5) is 15.4. The second-order valence-corrected chi connectivity index (χ2v) is 6.00. The number of imidazole rings is 1. The van der Waals surface area contributed by atoms with Crippen molar-refractivity contribution in [1.82, 2.24) is 9.55 Å². The van der Waals surface area contributed by atoms with Crippen LogP contribution in [0.25, 0.3) is 11.0 Å². The molecule has 4 heteroatoms. The highest BCUT2D eigenvalue weighted by Gasteiger charge is 2.29. The summed E-state index contributed by atoms with van der Waals surface area (Å²) >= 11 is 0. The predicted molar refractivity (Wildman–Crippen MR) is 77.9 cm³/mol. The van der Waals surface area contributed by atoms with E-state index >= 15 is 0 Å².